The maximum Gasteiger partial charge on any atom is 0.417 e. The Hall–Kier alpha value is -1.99. The number of aromatic nitrogens is 1. The molecule has 8 heteroatoms. The van der Waals surface area contributed by atoms with Gasteiger partial charge in [0, 0.05) is 30.8 Å². The standard InChI is InChI=1S/C18H23F3N2O3/c1-10-5-11(18(19,20)21)6-22-15(10)25-9-14-12-7-23(8-13(12)14)16(24)26-17(2,3)4/h5-6,12-14H,7-9H2,1-4H3/t12-,13+,14?. The van der Waals surface area contributed by atoms with Crippen LogP contribution in [0.4, 0.5) is 18.0 Å². The lowest BCUT2D eigenvalue weighted by Crippen LogP contribution is -2.37. The lowest BCUT2D eigenvalue weighted by atomic mass is 10.2. The fourth-order valence-corrected chi connectivity index (χ4v) is 3.42. The zero-order valence-electron chi connectivity index (χ0n) is 15.3. The van der Waals surface area contributed by atoms with E-state index in [2.05, 4.69) is 4.98 Å². The van der Waals surface area contributed by atoms with E-state index in [1.165, 1.54) is 0 Å². The van der Waals surface area contributed by atoms with Crippen LogP contribution in [0.15, 0.2) is 12.3 Å². The van der Waals surface area contributed by atoms with Crippen LogP contribution in [-0.2, 0) is 10.9 Å². The van der Waals surface area contributed by atoms with Crippen molar-refractivity contribution in [2.45, 2.75) is 39.5 Å². The third-order valence-corrected chi connectivity index (χ3v) is 4.79. The number of fused-ring (bicyclic) bond motifs is 1. The van der Waals surface area contributed by atoms with Gasteiger partial charge in [-0.15, -0.1) is 0 Å². The third kappa shape index (κ3) is 4.04. The van der Waals surface area contributed by atoms with Gasteiger partial charge in [0.1, 0.15) is 5.60 Å². The van der Waals surface area contributed by atoms with E-state index >= 15 is 0 Å². The van der Waals surface area contributed by atoms with Gasteiger partial charge in [-0.3, -0.25) is 0 Å². The average Bonchev–Trinajstić information content (AvgIpc) is 2.94. The highest BCUT2D eigenvalue weighted by Gasteiger charge is 2.57. The molecule has 1 aromatic heterocycles. The first-order valence-electron chi connectivity index (χ1n) is 8.60. The van der Waals surface area contributed by atoms with Gasteiger partial charge in [0.15, 0.2) is 0 Å². The number of halogens is 3. The summed E-state index contributed by atoms with van der Waals surface area (Å²) in [6.45, 7) is 8.71. The predicted molar refractivity (Wildman–Crippen MR) is 87.7 cm³/mol. The van der Waals surface area contributed by atoms with Crippen LogP contribution in [0.1, 0.15) is 31.9 Å². The van der Waals surface area contributed by atoms with Crippen molar-refractivity contribution in [3.8, 4) is 5.88 Å². The lowest BCUT2D eigenvalue weighted by molar-refractivity contribution is -0.137. The number of nitrogens with zero attached hydrogens (tertiary/aromatic N) is 2. The Bertz CT molecular complexity index is 688. The van der Waals surface area contributed by atoms with Crippen molar-refractivity contribution < 1.29 is 27.4 Å². The van der Waals surface area contributed by atoms with E-state index in [-0.39, 0.29) is 12.0 Å². The van der Waals surface area contributed by atoms with E-state index < -0.39 is 17.3 Å². The van der Waals surface area contributed by atoms with Crippen LogP contribution in [0, 0.1) is 24.7 Å². The van der Waals surface area contributed by atoms with Crippen LogP contribution < -0.4 is 4.74 Å². The number of carbonyl (C=O) groups excluding carboxylic acids is 1. The predicted octanol–water partition coefficient (Wildman–Crippen LogP) is 3.90. The molecule has 0 radical (unpaired) electrons. The first-order chi connectivity index (χ1) is 12.0. The lowest BCUT2D eigenvalue weighted by Gasteiger charge is -2.25. The van der Waals surface area contributed by atoms with E-state index in [1.807, 2.05) is 20.8 Å². The molecule has 1 saturated carbocycles. The molecule has 1 aliphatic heterocycles. The topological polar surface area (TPSA) is 51.7 Å². The average molecular weight is 372 g/mol. The molecule has 0 aromatic carbocycles. The molecule has 26 heavy (non-hydrogen) atoms. The summed E-state index contributed by atoms with van der Waals surface area (Å²) in [6, 6.07) is 1.04. The zero-order chi connectivity index (χ0) is 19.3. The van der Waals surface area contributed by atoms with E-state index in [9.17, 15) is 18.0 Å². The van der Waals surface area contributed by atoms with Crippen molar-refractivity contribution in [1.29, 1.82) is 0 Å². The monoisotopic (exact) mass is 372 g/mol. The molecule has 2 heterocycles. The van der Waals surface area contributed by atoms with Gasteiger partial charge in [-0.05, 0) is 45.6 Å². The van der Waals surface area contributed by atoms with Crippen molar-refractivity contribution in [2.24, 2.45) is 17.8 Å². The Morgan fingerprint density at radius 2 is 1.88 bits per heavy atom. The summed E-state index contributed by atoms with van der Waals surface area (Å²) in [4.78, 5) is 17.5. The van der Waals surface area contributed by atoms with Crippen LogP contribution >= 0.6 is 0 Å². The summed E-state index contributed by atoms with van der Waals surface area (Å²) in [5, 5.41) is 0. The Balaban J connectivity index is 1.49. The van der Waals surface area contributed by atoms with E-state index in [4.69, 9.17) is 9.47 Å². The molecule has 1 aromatic rings. The molecular weight excluding hydrogens is 349 g/mol. The quantitative estimate of drug-likeness (QED) is 0.808. The summed E-state index contributed by atoms with van der Waals surface area (Å²) in [7, 11) is 0. The molecule has 3 atom stereocenters. The minimum absolute atomic E-state index is 0.229. The smallest absolute Gasteiger partial charge is 0.417 e. The number of likely N-dealkylation sites (tertiary alicyclic amines) is 1. The molecule has 1 aliphatic carbocycles. The summed E-state index contributed by atoms with van der Waals surface area (Å²) in [5.41, 5.74) is -0.933. The number of pyridine rings is 1. The fourth-order valence-electron chi connectivity index (χ4n) is 3.42. The number of piperidine rings is 1. The van der Waals surface area contributed by atoms with Gasteiger partial charge in [-0.1, -0.05) is 0 Å². The highest BCUT2D eigenvalue weighted by atomic mass is 19.4. The van der Waals surface area contributed by atoms with Gasteiger partial charge in [0.25, 0.3) is 0 Å². The Labute approximate surface area is 150 Å². The number of amides is 1. The van der Waals surface area contributed by atoms with E-state index in [1.54, 1.807) is 11.8 Å². The fraction of sp³-hybridized carbons (Fsp3) is 0.667. The first kappa shape index (κ1) is 18.8. The van der Waals surface area contributed by atoms with Crippen LogP contribution in [0.2, 0.25) is 0 Å². The highest BCUT2D eigenvalue weighted by molar-refractivity contribution is 5.69. The molecule has 0 N–H and O–H groups in total. The Morgan fingerprint density at radius 3 is 2.38 bits per heavy atom. The molecule has 0 bridgehead atoms. The number of aryl methyl sites for hydroxylation is 1. The van der Waals surface area contributed by atoms with Crippen LogP contribution in [0.5, 0.6) is 5.88 Å². The second kappa shape index (κ2) is 6.32. The molecule has 3 rings (SSSR count). The van der Waals surface area contributed by atoms with Gasteiger partial charge >= 0.3 is 12.3 Å². The van der Waals surface area contributed by atoms with Crippen LogP contribution in [0.25, 0.3) is 0 Å². The van der Waals surface area contributed by atoms with Crippen molar-refractivity contribution >= 4 is 6.09 Å². The summed E-state index contributed by atoms with van der Waals surface area (Å²) in [6.07, 6.45) is -3.92. The number of hydrogen-bond acceptors (Lipinski definition) is 4. The molecule has 1 amide bonds. The van der Waals surface area contributed by atoms with Gasteiger partial charge in [0.2, 0.25) is 5.88 Å². The number of rotatable bonds is 3. The second-order valence-corrected chi connectivity index (χ2v) is 8.03. The molecule has 144 valence electrons. The maximum absolute atomic E-state index is 12.7. The number of ether oxygens (including phenoxy) is 2. The minimum Gasteiger partial charge on any atom is -0.477 e. The van der Waals surface area contributed by atoms with E-state index in [0.29, 0.717) is 43.0 Å². The summed E-state index contributed by atoms with van der Waals surface area (Å²) in [5.74, 6) is 1.25. The SMILES string of the molecule is Cc1cc(C(F)(F)F)cnc1OCC1[C@H]2CN(C(=O)OC(C)(C)C)C[C@@H]12. The Kier molecular flexibility index (Phi) is 4.56. The van der Waals surface area contributed by atoms with Gasteiger partial charge < -0.3 is 14.4 Å². The molecule has 2 aliphatic rings. The molecule has 0 spiro atoms. The van der Waals surface area contributed by atoms with Crippen molar-refractivity contribution in [3.63, 3.8) is 0 Å². The molecule has 2 fully saturated rings. The normalized spacial score (nSPS) is 25.0. The van der Waals surface area contributed by atoms with Crippen molar-refractivity contribution in [1.82, 2.24) is 9.88 Å². The number of hydrogen-bond donors (Lipinski definition) is 0. The second-order valence-electron chi connectivity index (χ2n) is 8.03. The van der Waals surface area contributed by atoms with Crippen molar-refractivity contribution in [2.75, 3.05) is 19.7 Å². The van der Waals surface area contributed by atoms with E-state index in [0.717, 1.165) is 12.3 Å². The highest BCUT2D eigenvalue weighted by Crippen LogP contribution is 2.52. The van der Waals surface area contributed by atoms with Gasteiger partial charge in [-0.25, -0.2) is 9.78 Å². The number of alkyl halides is 3. The van der Waals surface area contributed by atoms with Crippen LogP contribution in [0.3, 0.4) is 0 Å². The van der Waals surface area contributed by atoms with Crippen molar-refractivity contribution in [3.05, 3.63) is 23.4 Å². The summed E-state index contributed by atoms with van der Waals surface area (Å²) < 4.78 is 49.0. The number of carbonyl (C=O) groups is 1. The molecule has 1 saturated heterocycles. The molecule has 5 nitrogen and oxygen atoms in total. The summed E-state index contributed by atoms with van der Waals surface area (Å²) >= 11 is 0. The maximum atomic E-state index is 12.7. The largest absolute Gasteiger partial charge is 0.477 e. The van der Waals surface area contributed by atoms with Gasteiger partial charge in [-0.2, -0.15) is 13.2 Å². The Morgan fingerprint density at radius 1 is 1.27 bits per heavy atom. The third-order valence-electron chi connectivity index (χ3n) is 4.79. The van der Waals surface area contributed by atoms with Gasteiger partial charge in [0.05, 0.1) is 12.2 Å². The zero-order valence-corrected chi connectivity index (χ0v) is 15.3. The first-order valence-corrected chi connectivity index (χ1v) is 8.60. The van der Waals surface area contributed by atoms with Crippen LogP contribution in [-0.4, -0.2) is 41.3 Å². The molecule has 1 unspecified atom stereocenters. The minimum atomic E-state index is -4.41. The molecular formula is C18H23F3N2O3.